The van der Waals surface area contributed by atoms with E-state index in [4.69, 9.17) is 9.47 Å². The van der Waals surface area contributed by atoms with Crippen molar-refractivity contribution in [3.8, 4) is 5.75 Å². The molecular weight excluding hydrogens is 370 g/mol. The zero-order valence-electron chi connectivity index (χ0n) is 15.5. The second-order valence-corrected chi connectivity index (χ2v) is 6.08. The van der Waals surface area contributed by atoms with E-state index in [9.17, 15) is 14.4 Å². The number of anilines is 1. The van der Waals surface area contributed by atoms with Crippen molar-refractivity contribution in [1.29, 1.82) is 0 Å². The number of ketones is 1. The minimum absolute atomic E-state index is 0.239. The molecule has 146 valence electrons. The van der Waals surface area contributed by atoms with Gasteiger partial charge in [0.05, 0.1) is 0 Å². The Morgan fingerprint density at radius 2 is 1.31 bits per heavy atom. The van der Waals surface area contributed by atoms with Crippen molar-refractivity contribution < 1.29 is 23.9 Å². The van der Waals surface area contributed by atoms with Gasteiger partial charge in [0.1, 0.15) is 5.75 Å². The molecule has 3 aromatic carbocycles. The number of benzene rings is 3. The average molecular weight is 389 g/mol. The lowest BCUT2D eigenvalue weighted by Gasteiger charge is -2.08. The molecule has 0 unspecified atom stereocenters. The second kappa shape index (κ2) is 9.85. The Morgan fingerprint density at radius 3 is 1.97 bits per heavy atom. The van der Waals surface area contributed by atoms with Gasteiger partial charge in [0, 0.05) is 16.8 Å². The largest absolute Gasteiger partial charge is 0.482 e. The number of carbonyl (C=O) groups excluding carboxylic acids is 3. The summed E-state index contributed by atoms with van der Waals surface area (Å²) in [6.07, 6.45) is 0. The number of hydrogen-bond acceptors (Lipinski definition) is 5. The van der Waals surface area contributed by atoms with Gasteiger partial charge in [-0.15, -0.1) is 0 Å². The van der Waals surface area contributed by atoms with Crippen LogP contribution in [0.15, 0.2) is 84.9 Å². The van der Waals surface area contributed by atoms with Crippen molar-refractivity contribution >= 4 is 23.3 Å². The highest BCUT2D eigenvalue weighted by Crippen LogP contribution is 2.12. The lowest BCUT2D eigenvalue weighted by molar-refractivity contribution is -0.144. The SMILES string of the molecule is O=C(COc1ccccc1)OCC(=O)c1ccc(NC(=O)c2ccccc2)cc1. The summed E-state index contributed by atoms with van der Waals surface area (Å²) in [5.41, 5.74) is 1.47. The number of esters is 1. The van der Waals surface area contributed by atoms with E-state index in [2.05, 4.69) is 5.32 Å². The minimum Gasteiger partial charge on any atom is -0.482 e. The quantitative estimate of drug-likeness (QED) is 0.469. The van der Waals surface area contributed by atoms with E-state index < -0.39 is 5.97 Å². The molecule has 6 nitrogen and oxygen atoms in total. The van der Waals surface area contributed by atoms with Gasteiger partial charge in [-0.1, -0.05) is 36.4 Å². The van der Waals surface area contributed by atoms with Gasteiger partial charge in [-0.05, 0) is 48.5 Å². The van der Waals surface area contributed by atoms with Gasteiger partial charge >= 0.3 is 5.97 Å². The summed E-state index contributed by atoms with van der Waals surface area (Å²) in [4.78, 5) is 36.0. The Balaban J connectivity index is 1.46. The summed E-state index contributed by atoms with van der Waals surface area (Å²) in [5.74, 6) is -0.672. The fourth-order valence-corrected chi connectivity index (χ4v) is 2.46. The van der Waals surface area contributed by atoms with Crippen LogP contribution < -0.4 is 10.1 Å². The zero-order chi connectivity index (χ0) is 20.5. The van der Waals surface area contributed by atoms with E-state index in [-0.39, 0.29) is 24.9 Å². The van der Waals surface area contributed by atoms with Crippen molar-refractivity contribution in [3.05, 3.63) is 96.1 Å². The van der Waals surface area contributed by atoms with Crippen LogP contribution in [-0.2, 0) is 9.53 Å². The summed E-state index contributed by atoms with van der Waals surface area (Å²) in [6.45, 7) is -0.658. The van der Waals surface area contributed by atoms with Crippen molar-refractivity contribution in [3.63, 3.8) is 0 Å². The molecule has 1 amide bonds. The molecule has 0 aliphatic carbocycles. The predicted molar refractivity (Wildman–Crippen MR) is 108 cm³/mol. The molecule has 0 radical (unpaired) electrons. The molecule has 0 aliphatic heterocycles. The Morgan fingerprint density at radius 1 is 0.690 bits per heavy atom. The van der Waals surface area contributed by atoms with Crippen LogP contribution >= 0.6 is 0 Å². The number of carbonyl (C=O) groups is 3. The van der Waals surface area contributed by atoms with Gasteiger partial charge in [-0.25, -0.2) is 4.79 Å². The third-order valence-corrected chi connectivity index (χ3v) is 3.96. The van der Waals surface area contributed by atoms with Crippen molar-refractivity contribution in [2.75, 3.05) is 18.5 Å². The minimum atomic E-state index is -0.631. The van der Waals surface area contributed by atoms with Gasteiger partial charge in [-0.2, -0.15) is 0 Å². The van der Waals surface area contributed by atoms with Crippen LogP contribution in [0.5, 0.6) is 5.75 Å². The van der Waals surface area contributed by atoms with E-state index in [0.29, 0.717) is 22.6 Å². The average Bonchev–Trinajstić information content (AvgIpc) is 2.78. The van der Waals surface area contributed by atoms with Crippen molar-refractivity contribution in [1.82, 2.24) is 0 Å². The summed E-state index contributed by atoms with van der Waals surface area (Å²) in [6, 6.07) is 24.0. The molecule has 1 N–H and O–H groups in total. The normalized spacial score (nSPS) is 10.1. The molecular formula is C23H19NO5. The van der Waals surface area contributed by atoms with Crippen molar-refractivity contribution in [2.24, 2.45) is 0 Å². The predicted octanol–water partition coefficient (Wildman–Crippen LogP) is 3.74. The van der Waals surface area contributed by atoms with Crippen LogP contribution in [0.25, 0.3) is 0 Å². The molecule has 0 aliphatic rings. The van der Waals surface area contributed by atoms with Gasteiger partial charge in [0.15, 0.2) is 19.0 Å². The Bertz CT molecular complexity index is 969. The molecule has 0 spiro atoms. The van der Waals surface area contributed by atoms with E-state index in [0.717, 1.165) is 0 Å². The first-order chi connectivity index (χ1) is 14.1. The van der Waals surface area contributed by atoms with E-state index in [1.54, 1.807) is 72.8 Å². The smallest absolute Gasteiger partial charge is 0.344 e. The maximum Gasteiger partial charge on any atom is 0.344 e. The summed E-state index contributed by atoms with van der Waals surface area (Å²) < 4.78 is 10.2. The Hall–Kier alpha value is -3.93. The Labute approximate surface area is 168 Å². The van der Waals surface area contributed by atoms with Crippen LogP contribution in [-0.4, -0.2) is 30.9 Å². The highest BCUT2D eigenvalue weighted by Gasteiger charge is 2.11. The molecule has 6 heteroatoms. The molecule has 0 atom stereocenters. The van der Waals surface area contributed by atoms with Gasteiger partial charge in [0.2, 0.25) is 0 Å². The van der Waals surface area contributed by atoms with Crippen LogP contribution in [0.2, 0.25) is 0 Å². The summed E-state index contributed by atoms with van der Waals surface area (Å²) in [7, 11) is 0. The number of para-hydroxylation sites is 1. The van der Waals surface area contributed by atoms with Crippen LogP contribution in [0, 0.1) is 0 Å². The lowest BCUT2D eigenvalue weighted by Crippen LogP contribution is -2.19. The van der Waals surface area contributed by atoms with E-state index >= 15 is 0 Å². The number of amides is 1. The molecule has 0 fully saturated rings. The van der Waals surface area contributed by atoms with Crippen LogP contribution in [0.4, 0.5) is 5.69 Å². The number of hydrogen-bond donors (Lipinski definition) is 1. The standard InChI is InChI=1S/C23H19NO5/c25-21(15-29-22(26)16-28-20-9-5-2-6-10-20)17-11-13-19(14-12-17)24-23(27)18-7-3-1-4-8-18/h1-14H,15-16H2,(H,24,27). The first kappa shape index (κ1) is 19.8. The molecule has 0 saturated heterocycles. The monoisotopic (exact) mass is 389 g/mol. The second-order valence-electron chi connectivity index (χ2n) is 6.08. The third-order valence-electron chi connectivity index (χ3n) is 3.96. The molecule has 3 rings (SSSR count). The molecule has 0 heterocycles. The van der Waals surface area contributed by atoms with Gasteiger partial charge in [0.25, 0.3) is 5.91 Å². The first-order valence-electron chi connectivity index (χ1n) is 8.95. The fourth-order valence-electron chi connectivity index (χ4n) is 2.46. The molecule has 0 bridgehead atoms. The van der Waals surface area contributed by atoms with Gasteiger partial charge < -0.3 is 14.8 Å². The molecule has 3 aromatic rings. The molecule has 29 heavy (non-hydrogen) atoms. The summed E-state index contributed by atoms with van der Waals surface area (Å²) in [5, 5.41) is 2.75. The van der Waals surface area contributed by atoms with Crippen LogP contribution in [0.1, 0.15) is 20.7 Å². The van der Waals surface area contributed by atoms with E-state index in [1.165, 1.54) is 0 Å². The molecule has 0 saturated carbocycles. The number of rotatable bonds is 8. The van der Waals surface area contributed by atoms with Crippen LogP contribution in [0.3, 0.4) is 0 Å². The maximum atomic E-state index is 12.2. The number of ether oxygens (including phenoxy) is 2. The number of nitrogens with one attached hydrogen (secondary N) is 1. The highest BCUT2D eigenvalue weighted by atomic mass is 16.6. The third kappa shape index (κ3) is 6.04. The van der Waals surface area contributed by atoms with Gasteiger partial charge in [-0.3, -0.25) is 9.59 Å². The lowest BCUT2D eigenvalue weighted by atomic mass is 10.1. The topological polar surface area (TPSA) is 81.7 Å². The Kier molecular flexibility index (Phi) is 6.73. The first-order valence-corrected chi connectivity index (χ1v) is 8.95. The maximum absolute atomic E-state index is 12.2. The van der Waals surface area contributed by atoms with Crippen molar-refractivity contribution in [2.45, 2.75) is 0 Å². The fraction of sp³-hybridized carbons (Fsp3) is 0.0870. The highest BCUT2D eigenvalue weighted by molar-refractivity contribution is 6.04. The van der Waals surface area contributed by atoms with E-state index in [1.807, 2.05) is 12.1 Å². The number of Topliss-reactive ketones (excluding diaryl/α,β-unsaturated/α-hetero) is 1. The summed E-state index contributed by atoms with van der Waals surface area (Å²) >= 11 is 0. The molecule has 0 aromatic heterocycles. The zero-order valence-corrected chi connectivity index (χ0v) is 15.5.